The zero-order chi connectivity index (χ0) is 8.12. The van der Waals surface area contributed by atoms with Crippen LogP contribution in [0, 0.1) is 0 Å². The fourth-order valence-corrected chi connectivity index (χ4v) is 0.158. The van der Waals surface area contributed by atoms with Crippen molar-refractivity contribution in [3.8, 4) is 0 Å². The van der Waals surface area contributed by atoms with Crippen LogP contribution >= 0.6 is 0 Å². The predicted molar refractivity (Wildman–Crippen MR) is 38.3 cm³/mol. The Morgan fingerprint density at radius 2 is 1.30 bits per heavy atom. The zero-order valence-electron chi connectivity index (χ0n) is 6.96. The maximum absolute atomic E-state index is 8.07. The third-order valence-electron chi connectivity index (χ3n) is 0.512. The Balaban J connectivity index is -0.0000000315. The van der Waals surface area contributed by atoms with E-state index in [0.29, 0.717) is 6.61 Å². The molecule has 3 nitrogen and oxygen atoms in total. The van der Waals surface area contributed by atoms with Crippen LogP contribution in [0.15, 0.2) is 0 Å². The summed E-state index contributed by atoms with van der Waals surface area (Å²) in [5, 5.41) is 22.1. The molecule has 64 valence electrons. The zero-order valence-corrected chi connectivity index (χ0v) is 9.42. The predicted octanol–water partition coefficient (Wildman–Crippen LogP) is -0.00670. The standard InChI is InChI=1S/C4H10O.2CH4O.Zr/c1-2-3-4-5;2*1-2;/h5H,2-4H2,1H3;2*2H,1H3;. The average Bonchev–Trinajstić information content (AvgIpc) is 1.98. The number of rotatable bonds is 2. The van der Waals surface area contributed by atoms with Crippen molar-refractivity contribution < 1.29 is 41.5 Å². The second-order valence-electron chi connectivity index (χ2n) is 1.08. The van der Waals surface area contributed by atoms with Crippen LogP contribution < -0.4 is 0 Å². The monoisotopic (exact) mass is 228 g/mol. The summed E-state index contributed by atoms with van der Waals surface area (Å²) in [6.45, 7) is 2.40. The summed E-state index contributed by atoms with van der Waals surface area (Å²) in [4.78, 5) is 0. The van der Waals surface area contributed by atoms with Crippen molar-refractivity contribution in [2.45, 2.75) is 19.8 Å². The van der Waals surface area contributed by atoms with Crippen LogP contribution in [0.25, 0.3) is 0 Å². The van der Waals surface area contributed by atoms with Crippen LogP contribution in [0.1, 0.15) is 19.8 Å². The van der Waals surface area contributed by atoms with E-state index in [0.717, 1.165) is 27.1 Å². The van der Waals surface area contributed by atoms with Gasteiger partial charge in [-0.05, 0) is 6.42 Å². The molecule has 10 heavy (non-hydrogen) atoms. The van der Waals surface area contributed by atoms with Crippen molar-refractivity contribution in [3.05, 3.63) is 0 Å². The first-order chi connectivity index (χ1) is 4.41. The van der Waals surface area contributed by atoms with E-state index in [1.807, 2.05) is 0 Å². The van der Waals surface area contributed by atoms with Gasteiger partial charge in [0, 0.05) is 47.0 Å². The first-order valence-electron chi connectivity index (χ1n) is 2.92. The molecule has 0 saturated carbocycles. The van der Waals surface area contributed by atoms with Crippen LogP contribution in [0.5, 0.6) is 0 Å². The van der Waals surface area contributed by atoms with Crippen LogP contribution in [0.3, 0.4) is 0 Å². The maximum atomic E-state index is 8.07. The molecule has 0 aromatic heterocycles. The van der Waals surface area contributed by atoms with E-state index in [2.05, 4.69) is 6.92 Å². The molecule has 0 radical (unpaired) electrons. The van der Waals surface area contributed by atoms with Crippen molar-refractivity contribution in [1.82, 2.24) is 0 Å². The van der Waals surface area contributed by atoms with Crippen molar-refractivity contribution in [3.63, 3.8) is 0 Å². The van der Waals surface area contributed by atoms with Gasteiger partial charge in [-0.15, -0.1) is 0 Å². The number of hydrogen-bond donors (Lipinski definition) is 3. The van der Waals surface area contributed by atoms with Gasteiger partial charge in [-0.3, -0.25) is 0 Å². The summed E-state index contributed by atoms with van der Waals surface area (Å²) in [7, 11) is 2.00. The van der Waals surface area contributed by atoms with Gasteiger partial charge < -0.3 is 15.3 Å². The van der Waals surface area contributed by atoms with E-state index in [4.69, 9.17) is 15.3 Å². The van der Waals surface area contributed by atoms with E-state index in [-0.39, 0.29) is 26.2 Å². The van der Waals surface area contributed by atoms with Gasteiger partial charge in [0.15, 0.2) is 0 Å². The third-order valence-corrected chi connectivity index (χ3v) is 0.512. The van der Waals surface area contributed by atoms with E-state index < -0.39 is 0 Å². The van der Waals surface area contributed by atoms with E-state index in [9.17, 15) is 0 Å². The molecular formula is C6H18O3Zr. The Morgan fingerprint density at radius 1 is 1.00 bits per heavy atom. The quantitative estimate of drug-likeness (QED) is 0.624. The molecule has 0 aliphatic rings. The maximum Gasteiger partial charge on any atom is 0.0430 e. The van der Waals surface area contributed by atoms with Gasteiger partial charge >= 0.3 is 0 Å². The number of hydrogen-bond acceptors (Lipinski definition) is 3. The van der Waals surface area contributed by atoms with Crippen molar-refractivity contribution in [2.75, 3.05) is 20.8 Å². The topological polar surface area (TPSA) is 60.7 Å². The molecule has 0 fully saturated rings. The second kappa shape index (κ2) is 52.9. The smallest absolute Gasteiger partial charge is 0.0430 e. The summed E-state index contributed by atoms with van der Waals surface area (Å²) in [6, 6.07) is 0. The Kier molecular flexibility index (Phi) is 119. The van der Waals surface area contributed by atoms with Gasteiger partial charge in [-0.25, -0.2) is 0 Å². The van der Waals surface area contributed by atoms with Gasteiger partial charge in [0.1, 0.15) is 0 Å². The van der Waals surface area contributed by atoms with Gasteiger partial charge in [-0.2, -0.15) is 0 Å². The van der Waals surface area contributed by atoms with Crippen LogP contribution in [-0.2, 0) is 26.2 Å². The fraction of sp³-hybridized carbons (Fsp3) is 1.00. The molecule has 0 aliphatic carbocycles. The number of aliphatic hydroxyl groups excluding tert-OH is 3. The molecule has 0 heterocycles. The third kappa shape index (κ3) is 69.2. The van der Waals surface area contributed by atoms with Gasteiger partial charge in [0.2, 0.25) is 0 Å². The number of unbranched alkanes of at least 4 members (excludes halogenated alkanes) is 1. The Hall–Kier alpha value is 0.763. The minimum absolute atomic E-state index is 0. The molecule has 0 bridgehead atoms. The van der Waals surface area contributed by atoms with Gasteiger partial charge in [0.25, 0.3) is 0 Å². The first kappa shape index (κ1) is 22.4. The molecular weight excluding hydrogens is 211 g/mol. The van der Waals surface area contributed by atoms with Crippen LogP contribution in [0.2, 0.25) is 0 Å². The molecule has 4 heteroatoms. The molecule has 0 atom stereocenters. The van der Waals surface area contributed by atoms with Crippen molar-refractivity contribution in [2.24, 2.45) is 0 Å². The van der Waals surface area contributed by atoms with Crippen molar-refractivity contribution >= 4 is 0 Å². The summed E-state index contributed by atoms with van der Waals surface area (Å²) in [5.41, 5.74) is 0. The van der Waals surface area contributed by atoms with Crippen LogP contribution in [-0.4, -0.2) is 36.1 Å². The van der Waals surface area contributed by atoms with Gasteiger partial charge in [0.05, 0.1) is 0 Å². The molecule has 3 N–H and O–H groups in total. The molecule has 0 saturated heterocycles. The minimum Gasteiger partial charge on any atom is -0.400 e. The SMILES string of the molecule is CCCCO.CO.CO.[Zr]. The molecule has 0 unspecified atom stereocenters. The summed E-state index contributed by atoms with van der Waals surface area (Å²) in [6.07, 6.45) is 2.04. The Bertz CT molecular complexity index is 20.5. The molecule has 0 aromatic rings. The largest absolute Gasteiger partial charge is 0.400 e. The molecule has 0 spiro atoms. The van der Waals surface area contributed by atoms with Crippen LogP contribution in [0.4, 0.5) is 0 Å². The molecule has 0 aromatic carbocycles. The summed E-state index contributed by atoms with van der Waals surface area (Å²) >= 11 is 0. The Morgan fingerprint density at radius 3 is 1.30 bits per heavy atom. The van der Waals surface area contributed by atoms with E-state index in [1.54, 1.807) is 0 Å². The summed E-state index contributed by atoms with van der Waals surface area (Å²) in [5.74, 6) is 0. The minimum atomic E-state index is 0. The Labute approximate surface area is 82.2 Å². The number of aliphatic hydroxyl groups is 3. The van der Waals surface area contributed by atoms with E-state index in [1.165, 1.54) is 0 Å². The first-order valence-corrected chi connectivity index (χ1v) is 2.92. The molecule has 0 aliphatic heterocycles. The van der Waals surface area contributed by atoms with E-state index >= 15 is 0 Å². The van der Waals surface area contributed by atoms with Crippen molar-refractivity contribution in [1.29, 1.82) is 0 Å². The fourth-order valence-electron chi connectivity index (χ4n) is 0.158. The molecule has 0 amide bonds. The normalized spacial score (nSPS) is 5.40. The van der Waals surface area contributed by atoms with Gasteiger partial charge in [-0.1, -0.05) is 13.3 Å². The average molecular weight is 229 g/mol. The summed E-state index contributed by atoms with van der Waals surface area (Å²) < 4.78 is 0. The second-order valence-corrected chi connectivity index (χ2v) is 1.08. The molecule has 0 rings (SSSR count).